The molecule has 0 heterocycles. The zero-order chi connectivity index (χ0) is 15.1. The third kappa shape index (κ3) is 4.81. The first-order chi connectivity index (χ1) is 9.45. The highest BCUT2D eigenvalue weighted by atomic mass is 19.1. The summed E-state index contributed by atoms with van der Waals surface area (Å²) in [6, 6.07) is 4.09. The Hall–Kier alpha value is -1.62. The summed E-state index contributed by atoms with van der Waals surface area (Å²) in [6.45, 7) is 6.03. The zero-order valence-corrected chi connectivity index (χ0v) is 12.3. The van der Waals surface area contributed by atoms with Crippen molar-refractivity contribution in [1.29, 1.82) is 0 Å². The van der Waals surface area contributed by atoms with Crippen LogP contribution < -0.4 is 15.8 Å². The van der Waals surface area contributed by atoms with Gasteiger partial charge in [0.05, 0.1) is 0 Å². The number of ether oxygens (including phenoxy) is 1. The predicted molar refractivity (Wildman–Crippen MR) is 77.0 cm³/mol. The van der Waals surface area contributed by atoms with Crippen LogP contribution in [0.3, 0.4) is 0 Å². The lowest BCUT2D eigenvalue weighted by molar-refractivity contribution is -0.127. The van der Waals surface area contributed by atoms with Crippen LogP contribution in [-0.2, 0) is 4.79 Å². The highest BCUT2D eigenvalue weighted by molar-refractivity contribution is 5.80. The molecule has 1 rings (SSSR count). The average Bonchev–Trinajstić information content (AvgIpc) is 2.38. The van der Waals surface area contributed by atoms with Crippen molar-refractivity contribution in [3.05, 3.63) is 29.6 Å². The van der Waals surface area contributed by atoms with Crippen LogP contribution in [0.4, 0.5) is 4.39 Å². The molecule has 0 aliphatic rings. The third-order valence-electron chi connectivity index (χ3n) is 2.97. The minimum absolute atomic E-state index is 0.199. The largest absolute Gasteiger partial charge is 0.481 e. The van der Waals surface area contributed by atoms with Crippen molar-refractivity contribution in [2.75, 3.05) is 6.54 Å². The molecule has 0 saturated heterocycles. The number of hydrogen-bond donors (Lipinski definition) is 2. The summed E-state index contributed by atoms with van der Waals surface area (Å²) in [4.78, 5) is 11.7. The fraction of sp³-hybridized carbons (Fsp3) is 0.533. The van der Waals surface area contributed by atoms with E-state index in [1.807, 2.05) is 0 Å². The first kappa shape index (κ1) is 16.4. The van der Waals surface area contributed by atoms with Crippen LogP contribution in [0, 0.1) is 5.82 Å². The molecule has 1 aromatic rings. The van der Waals surface area contributed by atoms with Crippen molar-refractivity contribution in [2.24, 2.45) is 5.73 Å². The number of nitrogens with two attached hydrogens (primary N) is 1. The number of benzene rings is 1. The van der Waals surface area contributed by atoms with E-state index >= 15 is 0 Å². The maximum Gasteiger partial charge on any atom is 0.260 e. The first-order valence-corrected chi connectivity index (χ1v) is 6.95. The Labute approximate surface area is 119 Å². The second-order valence-corrected chi connectivity index (χ2v) is 4.88. The molecule has 2 unspecified atom stereocenters. The molecule has 20 heavy (non-hydrogen) atoms. The molecule has 1 amide bonds. The minimum atomic E-state index is -0.660. The van der Waals surface area contributed by atoms with E-state index in [1.54, 1.807) is 26.0 Å². The molecule has 0 aliphatic carbocycles. The molecule has 0 saturated carbocycles. The van der Waals surface area contributed by atoms with E-state index in [4.69, 9.17) is 10.5 Å². The van der Waals surface area contributed by atoms with Gasteiger partial charge >= 0.3 is 0 Å². The van der Waals surface area contributed by atoms with Gasteiger partial charge in [0, 0.05) is 24.2 Å². The Morgan fingerprint density at radius 1 is 1.45 bits per heavy atom. The smallest absolute Gasteiger partial charge is 0.260 e. The molecule has 3 N–H and O–H groups in total. The van der Waals surface area contributed by atoms with Crippen molar-refractivity contribution in [3.8, 4) is 5.75 Å². The summed E-state index contributed by atoms with van der Waals surface area (Å²) in [7, 11) is 0. The highest BCUT2D eigenvalue weighted by Crippen LogP contribution is 2.21. The molecule has 4 nitrogen and oxygen atoms in total. The fourth-order valence-electron chi connectivity index (χ4n) is 1.74. The lowest BCUT2D eigenvalue weighted by Gasteiger charge is -2.16. The molecule has 0 fully saturated rings. The number of nitrogens with one attached hydrogen (secondary N) is 1. The second-order valence-electron chi connectivity index (χ2n) is 4.88. The summed E-state index contributed by atoms with van der Waals surface area (Å²) in [5.41, 5.74) is 6.07. The Balaban J connectivity index is 2.59. The quantitative estimate of drug-likeness (QED) is 0.755. The topological polar surface area (TPSA) is 64.3 Å². The normalized spacial score (nSPS) is 13.7. The zero-order valence-electron chi connectivity index (χ0n) is 12.3. The van der Waals surface area contributed by atoms with Gasteiger partial charge < -0.3 is 15.8 Å². The SMILES string of the molecule is CCCCNC(=O)C(C)Oc1ccc(C(C)N)c(F)c1. The Morgan fingerprint density at radius 2 is 2.15 bits per heavy atom. The van der Waals surface area contributed by atoms with Crippen molar-refractivity contribution < 1.29 is 13.9 Å². The van der Waals surface area contributed by atoms with Gasteiger partial charge in [0.25, 0.3) is 5.91 Å². The molecule has 112 valence electrons. The van der Waals surface area contributed by atoms with Crippen molar-refractivity contribution >= 4 is 5.91 Å². The van der Waals surface area contributed by atoms with Gasteiger partial charge in [-0.1, -0.05) is 19.4 Å². The van der Waals surface area contributed by atoms with Crippen LogP contribution >= 0.6 is 0 Å². The van der Waals surface area contributed by atoms with E-state index < -0.39 is 11.9 Å². The van der Waals surface area contributed by atoms with E-state index in [9.17, 15) is 9.18 Å². The lowest BCUT2D eigenvalue weighted by atomic mass is 10.1. The number of rotatable bonds is 7. The standard InChI is InChI=1S/C15H23FN2O2/c1-4-5-8-18-15(19)11(3)20-12-6-7-13(10(2)17)14(16)9-12/h6-7,9-11H,4-5,8,17H2,1-3H3,(H,18,19). The number of carbonyl (C=O) groups is 1. The summed E-state index contributed by atoms with van der Waals surface area (Å²) in [5, 5.41) is 2.77. The van der Waals surface area contributed by atoms with E-state index in [1.165, 1.54) is 6.07 Å². The van der Waals surface area contributed by atoms with Crippen molar-refractivity contribution in [3.63, 3.8) is 0 Å². The molecule has 0 radical (unpaired) electrons. The van der Waals surface area contributed by atoms with E-state index in [0.29, 0.717) is 17.9 Å². The van der Waals surface area contributed by atoms with E-state index in [2.05, 4.69) is 12.2 Å². The molecule has 0 spiro atoms. The van der Waals surface area contributed by atoms with Gasteiger partial charge in [-0.3, -0.25) is 4.79 Å². The first-order valence-electron chi connectivity index (χ1n) is 6.95. The maximum atomic E-state index is 13.7. The average molecular weight is 282 g/mol. The minimum Gasteiger partial charge on any atom is -0.481 e. The molecular formula is C15H23FN2O2. The van der Waals surface area contributed by atoms with Crippen LogP contribution in [0.25, 0.3) is 0 Å². The fourth-order valence-corrected chi connectivity index (χ4v) is 1.74. The van der Waals surface area contributed by atoms with Gasteiger partial charge in [0.15, 0.2) is 6.10 Å². The van der Waals surface area contributed by atoms with E-state index in [0.717, 1.165) is 12.8 Å². The number of unbranched alkanes of at least 4 members (excludes halogenated alkanes) is 1. The van der Waals surface area contributed by atoms with Gasteiger partial charge in [-0.25, -0.2) is 4.39 Å². The molecule has 5 heteroatoms. The number of carbonyl (C=O) groups excluding carboxylic acids is 1. The monoisotopic (exact) mass is 282 g/mol. The van der Waals surface area contributed by atoms with Crippen molar-refractivity contribution in [2.45, 2.75) is 45.8 Å². The van der Waals surface area contributed by atoms with Crippen LogP contribution in [-0.4, -0.2) is 18.6 Å². The predicted octanol–water partition coefficient (Wildman–Crippen LogP) is 2.53. The van der Waals surface area contributed by atoms with E-state index in [-0.39, 0.29) is 11.9 Å². The molecular weight excluding hydrogens is 259 g/mol. The number of amides is 1. The van der Waals surface area contributed by atoms with Crippen LogP contribution in [0.15, 0.2) is 18.2 Å². The lowest BCUT2D eigenvalue weighted by Crippen LogP contribution is -2.36. The Morgan fingerprint density at radius 3 is 2.70 bits per heavy atom. The number of halogens is 1. The molecule has 1 aromatic carbocycles. The summed E-state index contributed by atoms with van der Waals surface area (Å²) < 4.78 is 19.2. The summed E-state index contributed by atoms with van der Waals surface area (Å²) in [5.74, 6) is -0.295. The van der Waals surface area contributed by atoms with Crippen molar-refractivity contribution in [1.82, 2.24) is 5.32 Å². The van der Waals surface area contributed by atoms with Gasteiger partial charge in [-0.15, -0.1) is 0 Å². The number of hydrogen-bond acceptors (Lipinski definition) is 3. The third-order valence-corrected chi connectivity index (χ3v) is 2.97. The Bertz CT molecular complexity index is 449. The van der Waals surface area contributed by atoms with Gasteiger partial charge in [-0.2, -0.15) is 0 Å². The molecule has 0 bridgehead atoms. The molecule has 2 atom stereocenters. The highest BCUT2D eigenvalue weighted by Gasteiger charge is 2.15. The van der Waals surface area contributed by atoms with Gasteiger partial charge in [-0.05, 0) is 26.3 Å². The molecule has 0 aromatic heterocycles. The maximum absolute atomic E-state index is 13.7. The van der Waals surface area contributed by atoms with Gasteiger partial charge in [0.2, 0.25) is 0 Å². The van der Waals surface area contributed by atoms with Crippen LogP contribution in [0.1, 0.15) is 45.2 Å². The van der Waals surface area contributed by atoms with Crippen LogP contribution in [0.5, 0.6) is 5.75 Å². The summed E-state index contributed by atoms with van der Waals surface area (Å²) >= 11 is 0. The van der Waals surface area contributed by atoms with Gasteiger partial charge in [0.1, 0.15) is 11.6 Å². The van der Waals surface area contributed by atoms with Crippen LogP contribution in [0.2, 0.25) is 0 Å². The summed E-state index contributed by atoms with van der Waals surface area (Å²) in [6.07, 6.45) is 1.28. The molecule has 0 aliphatic heterocycles. The Kier molecular flexibility index (Phi) is 6.45. The second kappa shape index (κ2) is 7.85.